The van der Waals surface area contributed by atoms with Gasteiger partial charge in [-0.15, -0.1) is 0 Å². The van der Waals surface area contributed by atoms with Gasteiger partial charge < -0.3 is 4.98 Å². The number of nitrogens with one attached hydrogen (secondary N) is 1. The minimum atomic E-state index is 0.856. The number of aromatic amines is 1. The average molecular weight is 247 g/mol. The SMILES string of the molecule is Cc1nc(CN(C)CCc2cnn(C)c2)[nH]c1C. The lowest BCUT2D eigenvalue weighted by molar-refractivity contribution is 0.323. The summed E-state index contributed by atoms with van der Waals surface area (Å²) < 4.78 is 1.84. The summed E-state index contributed by atoms with van der Waals surface area (Å²) >= 11 is 0. The van der Waals surface area contributed by atoms with Crippen molar-refractivity contribution in [3.05, 3.63) is 35.2 Å². The van der Waals surface area contributed by atoms with Gasteiger partial charge in [0.15, 0.2) is 0 Å². The first-order valence-corrected chi connectivity index (χ1v) is 6.22. The Bertz CT molecular complexity index is 492. The van der Waals surface area contributed by atoms with E-state index in [9.17, 15) is 0 Å². The van der Waals surface area contributed by atoms with Gasteiger partial charge in [0.05, 0.1) is 18.4 Å². The Kier molecular flexibility index (Phi) is 3.81. The maximum atomic E-state index is 4.50. The van der Waals surface area contributed by atoms with Gasteiger partial charge in [0.2, 0.25) is 0 Å². The highest BCUT2D eigenvalue weighted by Crippen LogP contribution is 2.06. The zero-order valence-electron chi connectivity index (χ0n) is 11.6. The molecule has 2 aromatic heterocycles. The molecule has 0 amide bonds. The van der Waals surface area contributed by atoms with E-state index < -0.39 is 0 Å². The summed E-state index contributed by atoms with van der Waals surface area (Å²) in [7, 11) is 4.06. The Morgan fingerprint density at radius 2 is 2.17 bits per heavy atom. The fraction of sp³-hybridized carbons (Fsp3) is 0.538. The summed E-state index contributed by atoms with van der Waals surface area (Å²) in [5, 5.41) is 4.17. The van der Waals surface area contributed by atoms with Gasteiger partial charge in [0.1, 0.15) is 5.82 Å². The van der Waals surface area contributed by atoms with Crippen molar-refractivity contribution in [1.82, 2.24) is 24.6 Å². The van der Waals surface area contributed by atoms with E-state index in [1.807, 2.05) is 24.9 Å². The molecule has 5 nitrogen and oxygen atoms in total. The maximum Gasteiger partial charge on any atom is 0.120 e. The highest BCUT2D eigenvalue weighted by Gasteiger charge is 2.06. The van der Waals surface area contributed by atoms with Crippen molar-refractivity contribution in [2.45, 2.75) is 26.8 Å². The molecule has 18 heavy (non-hydrogen) atoms. The Morgan fingerprint density at radius 1 is 1.39 bits per heavy atom. The molecule has 2 rings (SSSR count). The molecule has 0 fully saturated rings. The van der Waals surface area contributed by atoms with Gasteiger partial charge in [-0.05, 0) is 32.9 Å². The van der Waals surface area contributed by atoms with E-state index in [1.54, 1.807) is 0 Å². The van der Waals surface area contributed by atoms with E-state index in [0.29, 0.717) is 0 Å². The second-order valence-corrected chi connectivity index (χ2v) is 4.90. The molecule has 0 aromatic carbocycles. The van der Waals surface area contributed by atoms with E-state index in [1.165, 1.54) is 5.56 Å². The predicted molar refractivity (Wildman–Crippen MR) is 71.3 cm³/mol. The standard InChI is InChI=1S/C13H21N5/c1-10-11(2)16-13(15-10)9-17(3)6-5-12-7-14-18(4)8-12/h7-8H,5-6,9H2,1-4H3,(H,15,16). The summed E-state index contributed by atoms with van der Waals surface area (Å²) in [4.78, 5) is 10.1. The molecule has 1 N–H and O–H groups in total. The zero-order chi connectivity index (χ0) is 13.1. The summed E-state index contributed by atoms with van der Waals surface area (Å²) in [6.45, 7) is 5.95. The first kappa shape index (κ1) is 12.8. The molecule has 0 spiro atoms. The molecule has 0 radical (unpaired) electrons. The van der Waals surface area contributed by atoms with Crippen molar-refractivity contribution in [3.63, 3.8) is 0 Å². The molecule has 5 heteroatoms. The van der Waals surface area contributed by atoms with E-state index in [2.05, 4.69) is 40.1 Å². The van der Waals surface area contributed by atoms with E-state index in [0.717, 1.165) is 36.7 Å². The third-order valence-corrected chi connectivity index (χ3v) is 3.14. The molecular weight excluding hydrogens is 226 g/mol. The van der Waals surface area contributed by atoms with Crippen molar-refractivity contribution in [1.29, 1.82) is 0 Å². The highest BCUT2D eigenvalue weighted by atomic mass is 15.2. The Labute approximate surface area is 108 Å². The molecule has 0 aliphatic heterocycles. The minimum absolute atomic E-state index is 0.856. The number of aryl methyl sites for hydroxylation is 3. The van der Waals surface area contributed by atoms with Crippen LogP contribution in [0.15, 0.2) is 12.4 Å². The molecule has 2 aromatic rings. The first-order chi connectivity index (χ1) is 8.54. The zero-order valence-corrected chi connectivity index (χ0v) is 11.6. The maximum absolute atomic E-state index is 4.50. The summed E-state index contributed by atoms with van der Waals surface area (Å²) in [5.74, 6) is 1.04. The monoisotopic (exact) mass is 247 g/mol. The summed E-state index contributed by atoms with van der Waals surface area (Å²) in [6.07, 6.45) is 5.01. The number of hydrogen-bond acceptors (Lipinski definition) is 3. The molecule has 0 atom stereocenters. The van der Waals surface area contributed by atoms with Crippen LogP contribution in [0, 0.1) is 13.8 Å². The summed E-state index contributed by atoms with van der Waals surface area (Å²) in [5.41, 5.74) is 3.52. The van der Waals surface area contributed by atoms with Gasteiger partial charge in [-0.25, -0.2) is 4.98 Å². The van der Waals surface area contributed by atoms with Crippen molar-refractivity contribution in [3.8, 4) is 0 Å². The van der Waals surface area contributed by atoms with Crippen molar-refractivity contribution >= 4 is 0 Å². The lowest BCUT2D eigenvalue weighted by atomic mass is 10.2. The molecule has 98 valence electrons. The van der Waals surface area contributed by atoms with Crippen LogP contribution in [0.1, 0.15) is 22.8 Å². The Hall–Kier alpha value is -1.62. The third-order valence-electron chi connectivity index (χ3n) is 3.14. The van der Waals surface area contributed by atoms with Crippen LogP contribution in [-0.4, -0.2) is 38.2 Å². The normalized spacial score (nSPS) is 11.4. The second kappa shape index (κ2) is 5.35. The van der Waals surface area contributed by atoms with Crippen LogP contribution >= 0.6 is 0 Å². The number of nitrogens with zero attached hydrogens (tertiary/aromatic N) is 4. The van der Waals surface area contributed by atoms with E-state index >= 15 is 0 Å². The van der Waals surface area contributed by atoms with Gasteiger partial charge in [0, 0.05) is 25.5 Å². The number of H-pyrrole nitrogens is 1. The largest absolute Gasteiger partial charge is 0.345 e. The van der Waals surface area contributed by atoms with Crippen molar-refractivity contribution in [2.75, 3.05) is 13.6 Å². The fourth-order valence-electron chi connectivity index (χ4n) is 1.95. The average Bonchev–Trinajstić information content (AvgIpc) is 2.84. The molecule has 0 aliphatic rings. The molecule has 0 aliphatic carbocycles. The van der Waals surface area contributed by atoms with E-state index in [4.69, 9.17) is 0 Å². The van der Waals surface area contributed by atoms with Crippen LogP contribution in [0.2, 0.25) is 0 Å². The number of hydrogen-bond donors (Lipinski definition) is 1. The fourth-order valence-corrected chi connectivity index (χ4v) is 1.95. The van der Waals surface area contributed by atoms with Crippen molar-refractivity contribution < 1.29 is 0 Å². The second-order valence-electron chi connectivity index (χ2n) is 4.90. The lowest BCUT2D eigenvalue weighted by Crippen LogP contribution is -2.21. The lowest BCUT2D eigenvalue weighted by Gasteiger charge is -2.14. The van der Waals surface area contributed by atoms with Gasteiger partial charge >= 0.3 is 0 Å². The van der Waals surface area contributed by atoms with Gasteiger partial charge in [0.25, 0.3) is 0 Å². The van der Waals surface area contributed by atoms with Gasteiger partial charge in [-0.1, -0.05) is 0 Å². The van der Waals surface area contributed by atoms with Crippen LogP contribution in [0.25, 0.3) is 0 Å². The van der Waals surface area contributed by atoms with Gasteiger partial charge in [-0.2, -0.15) is 5.10 Å². The quantitative estimate of drug-likeness (QED) is 0.869. The topological polar surface area (TPSA) is 49.7 Å². The van der Waals surface area contributed by atoms with Crippen molar-refractivity contribution in [2.24, 2.45) is 7.05 Å². The molecular formula is C13H21N5. The van der Waals surface area contributed by atoms with Crippen LogP contribution in [0.3, 0.4) is 0 Å². The molecule has 0 saturated heterocycles. The molecule has 0 unspecified atom stereocenters. The highest BCUT2D eigenvalue weighted by molar-refractivity contribution is 5.10. The smallest absolute Gasteiger partial charge is 0.120 e. The predicted octanol–water partition coefficient (Wildman–Crippen LogP) is 1.43. The van der Waals surface area contributed by atoms with Gasteiger partial charge in [-0.3, -0.25) is 9.58 Å². The van der Waals surface area contributed by atoms with E-state index in [-0.39, 0.29) is 0 Å². The molecule has 0 bridgehead atoms. The number of aromatic nitrogens is 4. The number of likely N-dealkylation sites (N-methyl/N-ethyl adjacent to an activating group) is 1. The molecule has 0 saturated carbocycles. The number of rotatable bonds is 5. The summed E-state index contributed by atoms with van der Waals surface area (Å²) in [6, 6.07) is 0. The molecule has 2 heterocycles. The van der Waals surface area contributed by atoms with Crippen LogP contribution in [0.4, 0.5) is 0 Å². The number of imidazole rings is 1. The Morgan fingerprint density at radius 3 is 2.72 bits per heavy atom. The third kappa shape index (κ3) is 3.20. The Balaban J connectivity index is 1.83. The van der Waals surface area contributed by atoms with Crippen LogP contribution in [0.5, 0.6) is 0 Å². The first-order valence-electron chi connectivity index (χ1n) is 6.22. The minimum Gasteiger partial charge on any atom is -0.345 e. The van der Waals surface area contributed by atoms with Crippen LogP contribution in [-0.2, 0) is 20.0 Å². The van der Waals surface area contributed by atoms with Crippen LogP contribution < -0.4 is 0 Å².